The molecular formula is C24H37IN4O4. The van der Waals surface area contributed by atoms with E-state index in [-0.39, 0.29) is 48.1 Å². The Morgan fingerprint density at radius 1 is 1.15 bits per heavy atom. The summed E-state index contributed by atoms with van der Waals surface area (Å²) in [7, 11) is 0. The lowest BCUT2D eigenvalue weighted by atomic mass is 10.1. The van der Waals surface area contributed by atoms with Crippen molar-refractivity contribution >= 4 is 41.5 Å². The molecule has 1 heterocycles. The summed E-state index contributed by atoms with van der Waals surface area (Å²) >= 11 is 0. The van der Waals surface area contributed by atoms with Crippen molar-refractivity contribution in [3.8, 4) is 5.75 Å². The first-order chi connectivity index (χ1) is 15.2. The van der Waals surface area contributed by atoms with E-state index in [4.69, 9.17) is 13.9 Å². The molecule has 33 heavy (non-hydrogen) atoms. The quantitative estimate of drug-likeness (QED) is 0.158. The Morgan fingerprint density at radius 2 is 1.88 bits per heavy atom. The van der Waals surface area contributed by atoms with Crippen molar-refractivity contribution in [2.45, 2.75) is 59.3 Å². The molecule has 0 radical (unpaired) electrons. The van der Waals surface area contributed by atoms with Gasteiger partial charge in [0.05, 0.1) is 12.4 Å². The second-order valence-electron chi connectivity index (χ2n) is 8.69. The van der Waals surface area contributed by atoms with Gasteiger partial charge in [-0.05, 0) is 77.4 Å². The number of aliphatic imine (C=N–C) groups is 1. The van der Waals surface area contributed by atoms with E-state index in [9.17, 15) is 4.79 Å². The summed E-state index contributed by atoms with van der Waals surface area (Å²) in [6.07, 6.45) is 2.52. The van der Waals surface area contributed by atoms with Crippen molar-refractivity contribution < 1.29 is 18.7 Å². The summed E-state index contributed by atoms with van der Waals surface area (Å²) in [6.45, 7) is 11.5. The Balaban J connectivity index is 0.00000544. The number of nitrogens with zero attached hydrogens (tertiary/aromatic N) is 1. The number of carbonyl (C=O) groups excluding carboxylic acids is 1. The highest BCUT2D eigenvalue weighted by atomic mass is 127. The van der Waals surface area contributed by atoms with Crippen LogP contribution in [0.4, 0.5) is 5.69 Å². The highest BCUT2D eigenvalue weighted by Crippen LogP contribution is 2.16. The SMILES string of the molecule is CC(C)Oc1ccc(NC(=NCC(=O)NC(C)(C)C)NCCCOCc2ccco2)cc1.I. The van der Waals surface area contributed by atoms with Gasteiger partial charge in [-0.3, -0.25) is 4.79 Å². The average molecular weight is 572 g/mol. The number of rotatable bonds is 11. The number of guanidine groups is 1. The molecule has 1 aromatic heterocycles. The highest BCUT2D eigenvalue weighted by molar-refractivity contribution is 14.0. The van der Waals surface area contributed by atoms with Crippen LogP contribution in [0.25, 0.3) is 0 Å². The van der Waals surface area contributed by atoms with E-state index in [1.54, 1.807) is 6.26 Å². The number of halogens is 1. The normalized spacial score (nSPS) is 11.6. The summed E-state index contributed by atoms with van der Waals surface area (Å²) in [6, 6.07) is 11.3. The van der Waals surface area contributed by atoms with Crippen LogP contribution in [0.2, 0.25) is 0 Å². The lowest BCUT2D eigenvalue weighted by Crippen LogP contribution is -2.42. The minimum absolute atomic E-state index is 0. The van der Waals surface area contributed by atoms with Crippen molar-refractivity contribution in [2.75, 3.05) is 25.0 Å². The zero-order valence-corrected chi connectivity index (χ0v) is 22.5. The van der Waals surface area contributed by atoms with Gasteiger partial charge in [0.15, 0.2) is 5.96 Å². The Hall–Kier alpha value is -2.27. The fourth-order valence-corrected chi connectivity index (χ4v) is 2.72. The third-order valence-electron chi connectivity index (χ3n) is 3.97. The Kier molecular flexibility index (Phi) is 12.9. The smallest absolute Gasteiger partial charge is 0.242 e. The largest absolute Gasteiger partial charge is 0.491 e. The standard InChI is InChI=1S/C24H36N4O4.HI/c1-18(2)32-20-11-9-19(10-12-20)27-23(26-16-22(29)28-24(3,4)5)25-13-7-14-30-17-21-8-6-15-31-21;/h6,8-12,15,18H,7,13-14,16-17H2,1-5H3,(H,28,29)(H2,25,26,27);1H. The molecule has 0 atom stereocenters. The summed E-state index contributed by atoms with van der Waals surface area (Å²) in [5, 5.41) is 9.40. The minimum Gasteiger partial charge on any atom is -0.491 e. The molecule has 0 unspecified atom stereocenters. The number of benzene rings is 1. The van der Waals surface area contributed by atoms with Crippen LogP contribution in [0.5, 0.6) is 5.75 Å². The lowest BCUT2D eigenvalue weighted by molar-refractivity contribution is -0.121. The molecule has 0 bridgehead atoms. The number of hydrogen-bond donors (Lipinski definition) is 3. The molecule has 0 saturated heterocycles. The molecule has 0 spiro atoms. The van der Waals surface area contributed by atoms with E-state index in [1.165, 1.54) is 0 Å². The van der Waals surface area contributed by atoms with E-state index in [2.05, 4.69) is 20.9 Å². The molecule has 1 aromatic carbocycles. The predicted molar refractivity (Wildman–Crippen MR) is 142 cm³/mol. The lowest BCUT2D eigenvalue weighted by Gasteiger charge is -2.20. The maximum absolute atomic E-state index is 12.2. The van der Waals surface area contributed by atoms with E-state index in [0.717, 1.165) is 23.6 Å². The Labute approximate surface area is 213 Å². The third kappa shape index (κ3) is 13.1. The predicted octanol–water partition coefficient (Wildman–Crippen LogP) is 4.56. The van der Waals surface area contributed by atoms with Gasteiger partial charge < -0.3 is 29.8 Å². The van der Waals surface area contributed by atoms with Gasteiger partial charge in [0, 0.05) is 24.4 Å². The van der Waals surface area contributed by atoms with Crippen LogP contribution in [0, 0.1) is 0 Å². The second kappa shape index (κ2) is 14.8. The Morgan fingerprint density at radius 3 is 2.48 bits per heavy atom. The number of hydrogen-bond acceptors (Lipinski definition) is 5. The topological polar surface area (TPSA) is 97.1 Å². The van der Waals surface area contributed by atoms with Gasteiger partial charge in [-0.2, -0.15) is 0 Å². The van der Waals surface area contributed by atoms with Crippen LogP contribution in [0.15, 0.2) is 52.1 Å². The fraction of sp³-hybridized carbons (Fsp3) is 0.500. The van der Waals surface area contributed by atoms with Crippen LogP contribution in [-0.4, -0.2) is 43.2 Å². The summed E-state index contributed by atoms with van der Waals surface area (Å²) in [5.41, 5.74) is 0.545. The van der Waals surface area contributed by atoms with Crippen LogP contribution >= 0.6 is 24.0 Å². The third-order valence-corrected chi connectivity index (χ3v) is 3.97. The molecule has 2 rings (SSSR count). The van der Waals surface area contributed by atoms with Gasteiger partial charge in [0.1, 0.15) is 24.7 Å². The molecule has 9 heteroatoms. The molecule has 8 nitrogen and oxygen atoms in total. The van der Waals surface area contributed by atoms with Crippen molar-refractivity contribution in [3.05, 3.63) is 48.4 Å². The fourth-order valence-electron chi connectivity index (χ4n) is 2.72. The van der Waals surface area contributed by atoms with Crippen molar-refractivity contribution in [1.29, 1.82) is 0 Å². The van der Waals surface area contributed by atoms with E-state index in [0.29, 0.717) is 25.7 Å². The first-order valence-electron chi connectivity index (χ1n) is 10.9. The molecule has 0 saturated carbocycles. The maximum atomic E-state index is 12.2. The molecule has 0 aliphatic heterocycles. The van der Waals surface area contributed by atoms with Gasteiger partial charge in [-0.25, -0.2) is 4.99 Å². The van der Waals surface area contributed by atoms with Crippen LogP contribution < -0.4 is 20.7 Å². The molecular weight excluding hydrogens is 535 g/mol. The van der Waals surface area contributed by atoms with Gasteiger partial charge in [0.2, 0.25) is 5.91 Å². The second-order valence-corrected chi connectivity index (χ2v) is 8.69. The van der Waals surface area contributed by atoms with Crippen LogP contribution in [0.3, 0.4) is 0 Å². The van der Waals surface area contributed by atoms with E-state index in [1.807, 2.05) is 71.0 Å². The summed E-state index contributed by atoms with van der Waals surface area (Å²) in [5.74, 6) is 1.99. The highest BCUT2D eigenvalue weighted by Gasteiger charge is 2.13. The van der Waals surface area contributed by atoms with Gasteiger partial charge >= 0.3 is 0 Å². The number of ether oxygens (including phenoxy) is 2. The monoisotopic (exact) mass is 572 g/mol. The van der Waals surface area contributed by atoms with E-state index < -0.39 is 0 Å². The zero-order valence-electron chi connectivity index (χ0n) is 20.1. The molecule has 184 valence electrons. The maximum Gasteiger partial charge on any atom is 0.242 e. The zero-order chi connectivity index (χ0) is 23.4. The van der Waals surface area contributed by atoms with Crippen LogP contribution in [0.1, 0.15) is 46.8 Å². The Bertz CT molecular complexity index is 831. The molecule has 0 fully saturated rings. The molecule has 3 N–H and O–H groups in total. The molecule has 0 aliphatic rings. The van der Waals surface area contributed by atoms with Gasteiger partial charge in [-0.15, -0.1) is 24.0 Å². The number of anilines is 1. The van der Waals surface area contributed by atoms with Crippen molar-refractivity contribution in [1.82, 2.24) is 10.6 Å². The number of nitrogens with one attached hydrogen (secondary N) is 3. The molecule has 0 aliphatic carbocycles. The first kappa shape index (κ1) is 28.8. The van der Waals surface area contributed by atoms with Gasteiger partial charge in [-0.1, -0.05) is 0 Å². The average Bonchev–Trinajstić information content (AvgIpc) is 3.21. The van der Waals surface area contributed by atoms with Crippen LogP contribution in [-0.2, 0) is 16.1 Å². The first-order valence-corrected chi connectivity index (χ1v) is 10.9. The molecule has 1 amide bonds. The number of carbonyl (C=O) groups is 1. The van der Waals surface area contributed by atoms with Crippen molar-refractivity contribution in [2.24, 2.45) is 4.99 Å². The summed E-state index contributed by atoms with van der Waals surface area (Å²) in [4.78, 5) is 16.6. The molecule has 2 aromatic rings. The van der Waals surface area contributed by atoms with Gasteiger partial charge in [0.25, 0.3) is 0 Å². The van der Waals surface area contributed by atoms with Crippen molar-refractivity contribution in [3.63, 3.8) is 0 Å². The number of amides is 1. The van der Waals surface area contributed by atoms with E-state index >= 15 is 0 Å². The minimum atomic E-state index is -0.300. The summed E-state index contributed by atoms with van der Waals surface area (Å²) < 4.78 is 16.5. The number of furan rings is 1.